The minimum Gasteiger partial charge on any atom is -0.490 e. The molecule has 1 rings (SSSR count). The second kappa shape index (κ2) is 7.18. The monoisotopic (exact) mass is 266 g/mol. The highest BCUT2D eigenvalue weighted by molar-refractivity contribution is 6.31. The fourth-order valence-corrected chi connectivity index (χ4v) is 1.89. The van der Waals surface area contributed by atoms with E-state index in [1.807, 2.05) is 26.8 Å². The Morgan fingerprint density at radius 3 is 2.28 bits per heavy atom. The van der Waals surface area contributed by atoms with Gasteiger partial charge in [0.05, 0.1) is 13.2 Å². The third-order valence-electron chi connectivity index (χ3n) is 2.52. The first-order valence-corrected chi connectivity index (χ1v) is 6.54. The van der Waals surface area contributed by atoms with Crippen molar-refractivity contribution in [1.82, 2.24) is 0 Å². The molecule has 3 heteroatoms. The van der Waals surface area contributed by atoms with Crippen molar-refractivity contribution < 1.29 is 9.47 Å². The summed E-state index contributed by atoms with van der Waals surface area (Å²) in [6.07, 6.45) is 6.13. The van der Waals surface area contributed by atoms with Crippen LogP contribution in [0.4, 0.5) is 0 Å². The summed E-state index contributed by atoms with van der Waals surface area (Å²) < 4.78 is 11.1. The van der Waals surface area contributed by atoms with E-state index in [1.54, 1.807) is 6.07 Å². The van der Waals surface area contributed by atoms with E-state index in [0.717, 1.165) is 17.7 Å². The highest BCUT2D eigenvalue weighted by atomic mass is 35.5. The molecule has 98 valence electrons. The summed E-state index contributed by atoms with van der Waals surface area (Å²) >= 11 is 6.23. The molecular weight excluding hydrogens is 248 g/mol. The van der Waals surface area contributed by atoms with Crippen LogP contribution in [0, 0.1) is 18.3 Å². The van der Waals surface area contributed by atoms with Crippen LogP contribution < -0.4 is 9.47 Å². The fourth-order valence-electron chi connectivity index (χ4n) is 1.66. The lowest BCUT2D eigenvalue weighted by atomic mass is 10.0. The quantitative estimate of drug-likeness (QED) is 0.726. The Kier molecular flexibility index (Phi) is 5.88. The number of terminal acetylenes is 1. The number of hydrogen-bond acceptors (Lipinski definition) is 2. The fraction of sp³-hybridized carbons (Fsp3) is 0.467. The average Bonchev–Trinajstić information content (AvgIpc) is 2.35. The maximum atomic E-state index is 6.23. The second-order valence-corrected chi connectivity index (χ2v) is 4.44. The predicted molar refractivity (Wildman–Crippen MR) is 75.5 cm³/mol. The van der Waals surface area contributed by atoms with Crippen molar-refractivity contribution >= 4 is 11.6 Å². The van der Waals surface area contributed by atoms with Gasteiger partial charge in [-0.25, -0.2) is 0 Å². The number of hydrogen-bond donors (Lipinski definition) is 0. The predicted octanol–water partition coefficient (Wildman–Crippen LogP) is 3.95. The number of benzene rings is 1. The van der Waals surface area contributed by atoms with Gasteiger partial charge in [-0.1, -0.05) is 18.5 Å². The Hall–Kier alpha value is -1.33. The second-order valence-electron chi connectivity index (χ2n) is 4.03. The van der Waals surface area contributed by atoms with Crippen molar-refractivity contribution in [2.24, 2.45) is 5.92 Å². The van der Waals surface area contributed by atoms with Gasteiger partial charge in [0.2, 0.25) is 0 Å². The van der Waals surface area contributed by atoms with E-state index in [0.29, 0.717) is 24.0 Å². The van der Waals surface area contributed by atoms with Crippen molar-refractivity contribution in [2.75, 3.05) is 13.2 Å². The molecule has 0 aliphatic carbocycles. The molecule has 0 amide bonds. The lowest BCUT2D eigenvalue weighted by molar-refractivity contribution is 0.287. The molecule has 1 atom stereocenters. The lowest BCUT2D eigenvalue weighted by Crippen LogP contribution is -2.02. The maximum absolute atomic E-state index is 6.23. The van der Waals surface area contributed by atoms with Gasteiger partial charge in [0, 0.05) is 17.0 Å². The van der Waals surface area contributed by atoms with Gasteiger partial charge in [-0.3, -0.25) is 0 Å². The van der Waals surface area contributed by atoms with E-state index < -0.39 is 0 Å². The molecule has 0 bridgehead atoms. The Bertz CT molecular complexity index is 435. The molecule has 2 nitrogen and oxygen atoms in total. The van der Waals surface area contributed by atoms with Crippen molar-refractivity contribution in [1.29, 1.82) is 0 Å². The summed E-state index contributed by atoms with van der Waals surface area (Å²) in [6.45, 7) is 7.03. The minimum absolute atomic E-state index is 0.148. The Morgan fingerprint density at radius 1 is 1.22 bits per heavy atom. The van der Waals surface area contributed by atoms with Crippen LogP contribution in [-0.2, 0) is 6.42 Å². The molecule has 0 aromatic heterocycles. The SMILES string of the molecule is C#CC(C)Cc1cc(OCC)c(OCC)cc1Cl. The highest BCUT2D eigenvalue weighted by Gasteiger charge is 2.12. The van der Waals surface area contributed by atoms with Gasteiger partial charge in [-0.15, -0.1) is 12.3 Å². The number of halogens is 1. The summed E-state index contributed by atoms with van der Waals surface area (Å²) in [5.41, 5.74) is 0.994. The Morgan fingerprint density at radius 2 is 1.78 bits per heavy atom. The highest BCUT2D eigenvalue weighted by Crippen LogP contribution is 2.34. The van der Waals surface area contributed by atoms with Gasteiger partial charge < -0.3 is 9.47 Å². The molecule has 1 aromatic carbocycles. The molecule has 0 aliphatic rings. The maximum Gasteiger partial charge on any atom is 0.162 e. The average molecular weight is 267 g/mol. The van der Waals surface area contributed by atoms with Gasteiger partial charge in [0.1, 0.15) is 0 Å². The van der Waals surface area contributed by atoms with Gasteiger partial charge in [-0.2, -0.15) is 0 Å². The van der Waals surface area contributed by atoms with Crippen LogP contribution in [0.1, 0.15) is 26.3 Å². The third kappa shape index (κ3) is 3.85. The van der Waals surface area contributed by atoms with Crippen LogP contribution >= 0.6 is 11.6 Å². The smallest absolute Gasteiger partial charge is 0.162 e. The molecule has 0 heterocycles. The summed E-state index contributed by atoms with van der Waals surface area (Å²) in [5, 5.41) is 0.670. The van der Waals surface area contributed by atoms with Crippen molar-refractivity contribution in [3.05, 3.63) is 22.7 Å². The van der Waals surface area contributed by atoms with Gasteiger partial charge in [-0.05, 0) is 31.9 Å². The van der Waals surface area contributed by atoms with E-state index >= 15 is 0 Å². The van der Waals surface area contributed by atoms with Crippen LogP contribution in [0.25, 0.3) is 0 Å². The van der Waals surface area contributed by atoms with Crippen LogP contribution in [0.15, 0.2) is 12.1 Å². The molecule has 0 saturated carbocycles. The summed E-state index contributed by atoms with van der Waals surface area (Å²) in [7, 11) is 0. The van der Waals surface area contributed by atoms with Crippen molar-refractivity contribution in [2.45, 2.75) is 27.2 Å². The molecular formula is C15H19ClO2. The molecule has 0 saturated heterocycles. The topological polar surface area (TPSA) is 18.5 Å². The Labute approximate surface area is 114 Å². The summed E-state index contributed by atoms with van der Waals surface area (Å²) in [5.74, 6) is 4.26. The van der Waals surface area contributed by atoms with Crippen LogP contribution in [0.3, 0.4) is 0 Å². The summed E-state index contributed by atoms with van der Waals surface area (Å²) in [6, 6.07) is 3.72. The first kappa shape index (κ1) is 14.7. The molecule has 0 radical (unpaired) electrons. The normalized spacial score (nSPS) is 11.7. The lowest BCUT2D eigenvalue weighted by Gasteiger charge is -2.14. The zero-order valence-electron chi connectivity index (χ0n) is 11.1. The largest absolute Gasteiger partial charge is 0.490 e. The first-order valence-electron chi connectivity index (χ1n) is 6.16. The molecule has 0 aliphatic heterocycles. The number of rotatable bonds is 6. The van der Waals surface area contributed by atoms with Gasteiger partial charge in [0.25, 0.3) is 0 Å². The first-order chi connectivity index (χ1) is 8.62. The van der Waals surface area contributed by atoms with E-state index in [2.05, 4.69) is 5.92 Å². The van der Waals surface area contributed by atoms with Crippen molar-refractivity contribution in [3.8, 4) is 23.8 Å². The molecule has 0 fully saturated rings. The van der Waals surface area contributed by atoms with Crippen LogP contribution in [0.5, 0.6) is 11.5 Å². The molecule has 0 N–H and O–H groups in total. The van der Waals surface area contributed by atoms with Crippen LogP contribution in [0.2, 0.25) is 5.02 Å². The third-order valence-corrected chi connectivity index (χ3v) is 2.87. The van der Waals surface area contributed by atoms with E-state index in [9.17, 15) is 0 Å². The van der Waals surface area contributed by atoms with E-state index in [1.165, 1.54) is 0 Å². The molecule has 0 spiro atoms. The van der Waals surface area contributed by atoms with E-state index in [4.69, 9.17) is 27.5 Å². The summed E-state index contributed by atoms with van der Waals surface area (Å²) in [4.78, 5) is 0. The van der Waals surface area contributed by atoms with Gasteiger partial charge in [0.15, 0.2) is 11.5 Å². The molecule has 1 unspecified atom stereocenters. The van der Waals surface area contributed by atoms with Gasteiger partial charge >= 0.3 is 0 Å². The standard InChI is InChI=1S/C15H19ClO2/c1-5-11(4)8-12-9-14(17-6-2)15(18-7-3)10-13(12)16/h1,9-11H,6-8H2,2-4H3. The zero-order chi connectivity index (χ0) is 13.5. The Balaban J connectivity index is 3.06. The number of ether oxygens (including phenoxy) is 2. The zero-order valence-corrected chi connectivity index (χ0v) is 11.9. The van der Waals surface area contributed by atoms with E-state index in [-0.39, 0.29) is 5.92 Å². The molecule has 1 aromatic rings. The van der Waals surface area contributed by atoms with Crippen molar-refractivity contribution in [3.63, 3.8) is 0 Å². The molecule has 18 heavy (non-hydrogen) atoms. The minimum atomic E-state index is 0.148. The van der Waals surface area contributed by atoms with Crippen LogP contribution in [-0.4, -0.2) is 13.2 Å².